The maximum atomic E-state index is 4.21. The van der Waals surface area contributed by atoms with Gasteiger partial charge in [0.2, 0.25) is 0 Å². The van der Waals surface area contributed by atoms with E-state index < -0.39 is 0 Å². The lowest BCUT2D eigenvalue weighted by Crippen LogP contribution is -2.13. The van der Waals surface area contributed by atoms with E-state index in [1.807, 2.05) is 42.5 Å². The molecule has 1 N–H and O–H groups in total. The summed E-state index contributed by atoms with van der Waals surface area (Å²) in [6.45, 7) is 3.80. The second kappa shape index (κ2) is 5.37. The van der Waals surface area contributed by atoms with Gasteiger partial charge in [-0.05, 0) is 18.7 Å². The normalized spacial score (nSPS) is 10.3. The van der Waals surface area contributed by atoms with E-state index in [1.165, 1.54) is 0 Å². The number of hydrogen-bond donors (Lipinski definition) is 1. The number of benzene rings is 1. The van der Waals surface area contributed by atoms with Crippen LogP contribution in [-0.4, -0.2) is 16.7 Å². The highest BCUT2D eigenvalue weighted by Crippen LogP contribution is 2.14. The predicted molar refractivity (Wildman–Crippen MR) is 64.8 cm³/mol. The molecule has 0 saturated carbocycles. The van der Waals surface area contributed by atoms with Crippen molar-refractivity contribution in [1.82, 2.24) is 15.5 Å². The van der Waals surface area contributed by atoms with Gasteiger partial charge in [0.15, 0.2) is 0 Å². The zero-order chi connectivity index (χ0) is 11.2. The molecule has 0 aliphatic carbocycles. The Kier molecular flexibility index (Phi) is 3.62. The highest BCUT2D eigenvalue weighted by molar-refractivity contribution is 5.57. The van der Waals surface area contributed by atoms with Gasteiger partial charge in [0.25, 0.3) is 0 Å². The second-order valence-electron chi connectivity index (χ2n) is 3.56. The molecule has 2 aromatic rings. The first-order chi connectivity index (χ1) is 7.90. The topological polar surface area (TPSA) is 37.8 Å². The molecule has 1 heterocycles. The number of aromatic nitrogens is 2. The summed E-state index contributed by atoms with van der Waals surface area (Å²) in [7, 11) is 0. The van der Waals surface area contributed by atoms with Crippen LogP contribution in [0.2, 0.25) is 0 Å². The van der Waals surface area contributed by atoms with Crippen molar-refractivity contribution in [3.63, 3.8) is 0 Å². The van der Waals surface area contributed by atoms with Crippen molar-refractivity contribution in [2.45, 2.75) is 13.5 Å². The zero-order valence-corrected chi connectivity index (χ0v) is 9.35. The molecule has 0 spiro atoms. The summed E-state index contributed by atoms with van der Waals surface area (Å²) < 4.78 is 0. The van der Waals surface area contributed by atoms with Crippen molar-refractivity contribution in [2.75, 3.05) is 6.54 Å². The summed E-state index contributed by atoms with van der Waals surface area (Å²) in [5, 5.41) is 11.6. The maximum absolute atomic E-state index is 4.21. The molecule has 0 bridgehead atoms. The Hall–Kier alpha value is -1.74. The summed E-state index contributed by atoms with van der Waals surface area (Å²) in [6.07, 6.45) is 0. The molecular weight excluding hydrogens is 198 g/mol. The predicted octanol–water partition coefficient (Wildman–Crippen LogP) is 2.25. The van der Waals surface area contributed by atoms with Gasteiger partial charge in [-0.1, -0.05) is 37.3 Å². The van der Waals surface area contributed by atoms with Crippen LogP contribution >= 0.6 is 0 Å². The minimum Gasteiger partial charge on any atom is -0.311 e. The molecule has 82 valence electrons. The van der Waals surface area contributed by atoms with E-state index in [0.29, 0.717) is 0 Å². The van der Waals surface area contributed by atoms with E-state index in [-0.39, 0.29) is 0 Å². The average molecular weight is 213 g/mol. The fourth-order valence-electron chi connectivity index (χ4n) is 1.47. The Bertz CT molecular complexity index is 423. The molecule has 0 aliphatic heterocycles. The van der Waals surface area contributed by atoms with Crippen LogP contribution in [0.5, 0.6) is 0 Å². The van der Waals surface area contributed by atoms with Gasteiger partial charge in [0.05, 0.1) is 11.4 Å². The average Bonchev–Trinajstić information content (AvgIpc) is 2.38. The van der Waals surface area contributed by atoms with E-state index in [4.69, 9.17) is 0 Å². The summed E-state index contributed by atoms with van der Waals surface area (Å²) in [4.78, 5) is 0. The number of hydrogen-bond acceptors (Lipinski definition) is 3. The number of rotatable bonds is 4. The van der Waals surface area contributed by atoms with E-state index >= 15 is 0 Å². The fraction of sp³-hybridized carbons (Fsp3) is 0.231. The van der Waals surface area contributed by atoms with Gasteiger partial charge >= 0.3 is 0 Å². The van der Waals surface area contributed by atoms with Crippen molar-refractivity contribution < 1.29 is 0 Å². The molecule has 0 aliphatic rings. The molecule has 0 fully saturated rings. The highest BCUT2D eigenvalue weighted by Gasteiger charge is 1.99. The summed E-state index contributed by atoms with van der Waals surface area (Å²) in [5.74, 6) is 0. The summed E-state index contributed by atoms with van der Waals surface area (Å²) >= 11 is 0. The molecule has 0 saturated heterocycles. The van der Waals surface area contributed by atoms with Gasteiger partial charge in [-0.15, -0.1) is 0 Å². The van der Waals surface area contributed by atoms with E-state index in [1.54, 1.807) is 0 Å². The van der Waals surface area contributed by atoms with Crippen LogP contribution in [0.15, 0.2) is 42.5 Å². The monoisotopic (exact) mass is 213 g/mol. The van der Waals surface area contributed by atoms with Crippen LogP contribution in [0.25, 0.3) is 11.3 Å². The smallest absolute Gasteiger partial charge is 0.0929 e. The fourth-order valence-corrected chi connectivity index (χ4v) is 1.47. The molecular formula is C13H15N3. The zero-order valence-electron chi connectivity index (χ0n) is 9.35. The molecule has 3 heteroatoms. The Labute approximate surface area is 95.5 Å². The van der Waals surface area contributed by atoms with Gasteiger partial charge in [-0.3, -0.25) is 0 Å². The van der Waals surface area contributed by atoms with Gasteiger partial charge in [-0.25, -0.2) is 0 Å². The van der Waals surface area contributed by atoms with Crippen LogP contribution in [0.4, 0.5) is 0 Å². The lowest BCUT2D eigenvalue weighted by molar-refractivity contribution is 0.699. The van der Waals surface area contributed by atoms with Crippen LogP contribution in [-0.2, 0) is 6.54 Å². The summed E-state index contributed by atoms with van der Waals surface area (Å²) in [6, 6.07) is 14.1. The number of nitrogens with one attached hydrogen (secondary N) is 1. The van der Waals surface area contributed by atoms with Crippen molar-refractivity contribution >= 4 is 0 Å². The van der Waals surface area contributed by atoms with E-state index in [2.05, 4.69) is 22.4 Å². The third-order valence-electron chi connectivity index (χ3n) is 2.35. The minimum absolute atomic E-state index is 0.776. The van der Waals surface area contributed by atoms with E-state index in [0.717, 1.165) is 30.0 Å². The van der Waals surface area contributed by atoms with Crippen LogP contribution in [0.3, 0.4) is 0 Å². The minimum atomic E-state index is 0.776. The molecule has 0 unspecified atom stereocenters. The maximum Gasteiger partial charge on any atom is 0.0929 e. The van der Waals surface area contributed by atoms with Crippen molar-refractivity contribution in [2.24, 2.45) is 0 Å². The number of nitrogens with zero attached hydrogens (tertiary/aromatic N) is 2. The molecule has 16 heavy (non-hydrogen) atoms. The van der Waals surface area contributed by atoms with Crippen LogP contribution < -0.4 is 5.32 Å². The SMILES string of the molecule is CCNCc1ccc(-c2ccccc2)nn1. The summed E-state index contributed by atoms with van der Waals surface area (Å²) in [5.41, 5.74) is 2.99. The Morgan fingerprint density at radius 3 is 2.44 bits per heavy atom. The lowest BCUT2D eigenvalue weighted by Gasteiger charge is -2.02. The van der Waals surface area contributed by atoms with Crippen molar-refractivity contribution in [3.05, 3.63) is 48.2 Å². The molecule has 3 nitrogen and oxygen atoms in total. The second-order valence-corrected chi connectivity index (χ2v) is 3.56. The molecule has 1 aromatic carbocycles. The lowest BCUT2D eigenvalue weighted by atomic mass is 10.1. The third kappa shape index (κ3) is 2.64. The standard InChI is InChI=1S/C13H15N3/c1-2-14-10-12-8-9-13(16-15-12)11-6-4-3-5-7-11/h3-9,14H,2,10H2,1H3. The van der Waals surface area contributed by atoms with Gasteiger partial charge < -0.3 is 5.32 Å². The quantitative estimate of drug-likeness (QED) is 0.846. The van der Waals surface area contributed by atoms with E-state index in [9.17, 15) is 0 Å². The first-order valence-corrected chi connectivity index (χ1v) is 5.49. The molecule has 0 amide bonds. The molecule has 0 radical (unpaired) electrons. The molecule has 1 aromatic heterocycles. The van der Waals surface area contributed by atoms with Crippen LogP contribution in [0.1, 0.15) is 12.6 Å². The first-order valence-electron chi connectivity index (χ1n) is 5.49. The van der Waals surface area contributed by atoms with Gasteiger partial charge in [0, 0.05) is 12.1 Å². The largest absolute Gasteiger partial charge is 0.311 e. The first kappa shape index (κ1) is 10.8. The van der Waals surface area contributed by atoms with Gasteiger partial charge in [0.1, 0.15) is 0 Å². The Morgan fingerprint density at radius 1 is 1.00 bits per heavy atom. The van der Waals surface area contributed by atoms with Gasteiger partial charge in [-0.2, -0.15) is 10.2 Å². The van der Waals surface area contributed by atoms with Crippen LogP contribution in [0, 0.1) is 0 Å². The molecule has 0 atom stereocenters. The van der Waals surface area contributed by atoms with Crippen molar-refractivity contribution in [1.29, 1.82) is 0 Å². The Morgan fingerprint density at radius 2 is 1.81 bits per heavy atom. The third-order valence-corrected chi connectivity index (χ3v) is 2.35. The molecule has 2 rings (SSSR count). The Balaban J connectivity index is 2.13. The highest BCUT2D eigenvalue weighted by atomic mass is 15.1. The van der Waals surface area contributed by atoms with Crippen molar-refractivity contribution in [3.8, 4) is 11.3 Å².